The van der Waals surface area contributed by atoms with Gasteiger partial charge in [0, 0.05) is 25.3 Å². The van der Waals surface area contributed by atoms with Crippen molar-refractivity contribution in [3.63, 3.8) is 0 Å². The van der Waals surface area contributed by atoms with Crippen LogP contribution in [0.25, 0.3) is 0 Å². The summed E-state index contributed by atoms with van der Waals surface area (Å²) in [6, 6.07) is 7.00. The third-order valence-electron chi connectivity index (χ3n) is 3.01. The first-order valence-corrected chi connectivity index (χ1v) is 9.05. The SMILES string of the molecule is CCNc1ccc(S(=O)(=O)N(CC(C)C)CC(C)C)cc1. The second-order valence-corrected chi connectivity index (χ2v) is 8.10. The second-order valence-electron chi connectivity index (χ2n) is 6.16. The summed E-state index contributed by atoms with van der Waals surface area (Å²) in [5.74, 6) is 0.610. The van der Waals surface area contributed by atoms with Crippen molar-refractivity contribution in [1.82, 2.24) is 4.31 Å². The zero-order valence-electron chi connectivity index (χ0n) is 13.8. The van der Waals surface area contributed by atoms with Crippen LogP contribution in [0.5, 0.6) is 0 Å². The molecule has 120 valence electrons. The number of rotatable bonds is 8. The quantitative estimate of drug-likeness (QED) is 0.800. The Morgan fingerprint density at radius 3 is 1.86 bits per heavy atom. The Bertz CT molecular complexity index is 512. The van der Waals surface area contributed by atoms with Crippen molar-refractivity contribution in [3.05, 3.63) is 24.3 Å². The van der Waals surface area contributed by atoms with Crippen LogP contribution in [-0.2, 0) is 10.0 Å². The lowest BCUT2D eigenvalue weighted by atomic mass is 10.2. The van der Waals surface area contributed by atoms with Crippen molar-refractivity contribution in [2.24, 2.45) is 11.8 Å². The Balaban J connectivity index is 3.03. The van der Waals surface area contributed by atoms with Gasteiger partial charge in [-0.05, 0) is 43.0 Å². The molecule has 1 aromatic rings. The first-order chi connectivity index (χ1) is 9.77. The number of sulfonamides is 1. The fourth-order valence-corrected chi connectivity index (χ4v) is 3.95. The van der Waals surface area contributed by atoms with Crippen LogP contribution in [0.1, 0.15) is 34.6 Å². The molecule has 0 saturated heterocycles. The molecule has 0 aliphatic rings. The number of hydrogen-bond donors (Lipinski definition) is 1. The molecule has 1 aromatic carbocycles. The van der Waals surface area contributed by atoms with Gasteiger partial charge in [0.15, 0.2) is 0 Å². The smallest absolute Gasteiger partial charge is 0.243 e. The summed E-state index contributed by atoms with van der Waals surface area (Å²) in [6.07, 6.45) is 0. The highest BCUT2D eigenvalue weighted by Gasteiger charge is 2.25. The summed E-state index contributed by atoms with van der Waals surface area (Å²) in [6.45, 7) is 12.1. The van der Waals surface area contributed by atoms with E-state index in [0.717, 1.165) is 12.2 Å². The number of nitrogens with one attached hydrogen (secondary N) is 1. The van der Waals surface area contributed by atoms with E-state index in [2.05, 4.69) is 5.32 Å². The van der Waals surface area contributed by atoms with E-state index in [1.165, 1.54) is 0 Å². The van der Waals surface area contributed by atoms with Crippen LogP contribution in [0.15, 0.2) is 29.2 Å². The van der Waals surface area contributed by atoms with Gasteiger partial charge in [-0.15, -0.1) is 0 Å². The van der Waals surface area contributed by atoms with E-state index in [4.69, 9.17) is 0 Å². The summed E-state index contributed by atoms with van der Waals surface area (Å²) in [7, 11) is -3.42. The van der Waals surface area contributed by atoms with E-state index < -0.39 is 10.0 Å². The van der Waals surface area contributed by atoms with Gasteiger partial charge in [0.2, 0.25) is 10.0 Å². The average Bonchev–Trinajstić information content (AvgIpc) is 2.38. The Morgan fingerprint density at radius 1 is 1.00 bits per heavy atom. The van der Waals surface area contributed by atoms with Gasteiger partial charge < -0.3 is 5.32 Å². The molecule has 0 amide bonds. The summed E-state index contributed by atoms with van der Waals surface area (Å²) in [4.78, 5) is 0.366. The lowest BCUT2D eigenvalue weighted by molar-refractivity contribution is 0.333. The molecule has 1 N–H and O–H groups in total. The van der Waals surface area contributed by atoms with Crippen LogP contribution in [0.3, 0.4) is 0 Å². The largest absolute Gasteiger partial charge is 0.385 e. The van der Waals surface area contributed by atoms with Crippen molar-refractivity contribution in [3.8, 4) is 0 Å². The molecular formula is C16H28N2O2S. The molecule has 0 aromatic heterocycles. The summed E-state index contributed by atoms with van der Waals surface area (Å²) in [5, 5.41) is 3.17. The first-order valence-electron chi connectivity index (χ1n) is 7.61. The van der Waals surface area contributed by atoms with Gasteiger partial charge in [0.25, 0.3) is 0 Å². The van der Waals surface area contributed by atoms with Gasteiger partial charge in [-0.1, -0.05) is 27.7 Å². The maximum Gasteiger partial charge on any atom is 0.243 e. The molecule has 0 atom stereocenters. The molecule has 0 fully saturated rings. The third kappa shape index (κ3) is 5.32. The van der Waals surface area contributed by atoms with Crippen molar-refractivity contribution in [1.29, 1.82) is 0 Å². The number of nitrogens with zero attached hydrogens (tertiary/aromatic N) is 1. The van der Waals surface area contributed by atoms with E-state index in [1.54, 1.807) is 16.4 Å². The molecule has 0 unspecified atom stereocenters. The van der Waals surface area contributed by atoms with E-state index >= 15 is 0 Å². The molecule has 0 bridgehead atoms. The van der Waals surface area contributed by atoms with Crippen molar-refractivity contribution >= 4 is 15.7 Å². The van der Waals surface area contributed by atoms with Gasteiger partial charge >= 0.3 is 0 Å². The lowest BCUT2D eigenvalue weighted by Gasteiger charge is -2.25. The molecule has 0 aliphatic carbocycles. The predicted molar refractivity (Wildman–Crippen MR) is 89.0 cm³/mol. The standard InChI is InChI=1S/C16H28N2O2S/c1-6-17-15-7-9-16(10-8-15)21(19,20)18(11-13(2)3)12-14(4)5/h7-10,13-14,17H,6,11-12H2,1-5H3. The van der Waals surface area contributed by atoms with Gasteiger partial charge in [0.1, 0.15) is 0 Å². The maximum atomic E-state index is 12.8. The van der Waals surface area contributed by atoms with Crippen molar-refractivity contribution in [2.45, 2.75) is 39.5 Å². The summed E-state index contributed by atoms with van der Waals surface area (Å²) in [5.41, 5.74) is 0.940. The highest BCUT2D eigenvalue weighted by atomic mass is 32.2. The zero-order chi connectivity index (χ0) is 16.0. The van der Waals surface area contributed by atoms with E-state index in [-0.39, 0.29) is 0 Å². The highest BCUT2D eigenvalue weighted by molar-refractivity contribution is 7.89. The van der Waals surface area contributed by atoms with Crippen LogP contribution in [0.2, 0.25) is 0 Å². The zero-order valence-corrected chi connectivity index (χ0v) is 14.6. The van der Waals surface area contributed by atoms with Gasteiger partial charge in [-0.25, -0.2) is 8.42 Å². The number of anilines is 1. The van der Waals surface area contributed by atoms with E-state index in [9.17, 15) is 8.42 Å². The molecule has 0 spiro atoms. The van der Waals surface area contributed by atoms with Crippen LogP contribution in [-0.4, -0.2) is 32.4 Å². The van der Waals surface area contributed by atoms with Crippen LogP contribution in [0.4, 0.5) is 5.69 Å². The van der Waals surface area contributed by atoms with E-state index in [1.807, 2.05) is 46.8 Å². The first kappa shape index (κ1) is 18.0. The van der Waals surface area contributed by atoms with Crippen LogP contribution < -0.4 is 5.32 Å². The Morgan fingerprint density at radius 2 is 1.48 bits per heavy atom. The molecule has 0 aliphatic heterocycles. The summed E-state index contributed by atoms with van der Waals surface area (Å²) < 4.78 is 27.2. The third-order valence-corrected chi connectivity index (χ3v) is 4.86. The normalized spacial score (nSPS) is 12.4. The lowest BCUT2D eigenvalue weighted by Crippen LogP contribution is -2.37. The van der Waals surface area contributed by atoms with Crippen LogP contribution >= 0.6 is 0 Å². The molecule has 1 rings (SSSR count). The predicted octanol–water partition coefficient (Wildman–Crippen LogP) is 3.42. The molecule has 0 radical (unpaired) electrons. The fraction of sp³-hybridized carbons (Fsp3) is 0.625. The molecule has 0 saturated carbocycles. The fourth-order valence-electron chi connectivity index (χ4n) is 2.18. The minimum Gasteiger partial charge on any atom is -0.385 e. The Hall–Kier alpha value is -1.07. The molecular weight excluding hydrogens is 284 g/mol. The second kappa shape index (κ2) is 7.80. The van der Waals surface area contributed by atoms with E-state index in [0.29, 0.717) is 29.8 Å². The van der Waals surface area contributed by atoms with Crippen molar-refractivity contribution in [2.75, 3.05) is 25.0 Å². The van der Waals surface area contributed by atoms with Gasteiger partial charge in [-0.3, -0.25) is 0 Å². The highest BCUT2D eigenvalue weighted by Crippen LogP contribution is 2.20. The molecule has 4 nitrogen and oxygen atoms in total. The minimum atomic E-state index is -3.42. The van der Waals surface area contributed by atoms with Crippen LogP contribution in [0, 0.1) is 11.8 Å². The number of hydrogen-bond acceptors (Lipinski definition) is 3. The monoisotopic (exact) mass is 312 g/mol. The number of benzene rings is 1. The van der Waals surface area contributed by atoms with Crippen molar-refractivity contribution < 1.29 is 8.42 Å². The van der Waals surface area contributed by atoms with Gasteiger partial charge in [0.05, 0.1) is 4.90 Å². The maximum absolute atomic E-state index is 12.8. The molecule has 21 heavy (non-hydrogen) atoms. The van der Waals surface area contributed by atoms with Gasteiger partial charge in [-0.2, -0.15) is 4.31 Å². The summed E-state index contributed by atoms with van der Waals surface area (Å²) >= 11 is 0. The molecule has 0 heterocycles. The topological polar surface area (TPSA) is 49.4 Å². The Kier molecular flexibility index (Phi) is 6.68. The molecule has 5 heteroatoms. The minimum absolute atomic E-state index is 0.305. The average molecular weight is 312 g/mol. The Labute approximate surface area is 129 Å².